The van der Waals surface area contributed by atoms with Gasteiger partial charge in [-0.15, -0.1) is 0 Å². The summed E-state index contributed by atoms with van der Waals surface area (Å²) in [6.07, 6.45) is -4.27. The van der Waals surface area contributed by atoms with E-state index in [-0.39, 0.29) is 25.6 Å². The number of esters is 1. The molecule has 1 aromatic carbocycles. The third-order valence-electron chi connectivity index (χ3n) is 3.69. The van der Waals surface area contributed by atoms with E-state index in [1.165, 1.54) is 4.90 Å². The first-order chi connectivity index (χ1) is 10.3. The molecular formula is C15H17BrF3NO2. The van der Waals surface area contributed by atoms with Crippen LogP contribution in [0.25, 0.3) is 0 Å². The van der Waals surface area contributed by atoms with E-state index in [1.807, 2.05) is 24.3 Å². The zero-order valence-corrected chi connectivity index (χ0v) is 13.7. The number of hydrogen-bond donors (Lipinski definition) is 0. The Morgan fingerprint density at radius 3 is 2.50 bits per heavy atom. The first-order valence-corrected chi connectivity index (χ1v) is 7.80. The lowest BCUT2D eigenvalue weighted by atomic mass is 9.89. The fourth-order valence-electron chi connectivity index (χ4n) is 2.80. The lowest BCUT2D eigenvalue weighted by Crippen LogP contribution is -2.33. The van der Waals surface area contributed by atoms with Gasteiger partial charge in [-0.3, -0.25) is 9.69 Å². The molecule has 1 aromatic rings. The number of benzene rings is 1. The molecule has 0 spiro atoms. The van der Waals surface area contributed by atoms with Gasteiger partial charge in [-0.25, -0.2) is 0 Å². The summed E-state index contributed by atoms with van der Waals surface area (Å²) < 4.78 is 43.7. The number of carbonyl (C=O) groups excluding carboxylic acids is 1. The first-order valence-electron chi connectivity index (χ1n) is 7.01. The van der Waals surface area contributed by atoms with Gasteiger partial charge in [0.25, 0.3) is 0 Å². The van der Waals surface area contributed by atoms with E-state index < -0.39 is 24.6 Å². The van der Waals surface area contributed by atoms with Crippen molar-refractivity contribution < 1.29 is 22.7 Å². The average molecular weight is 380 g/mol. The molecular weight excluding hydrogens is 363 g/mol. The van der Waals surface area contributed by atoms with E-state index in [2.05, 4.69) is 15.9 Å². The number of halogens is 4. The molecule has 0 N–H and O–H groups in total. The maximum atomic E-state index is 12.6. The van der Waals surface area contributed by atoms with E-state index in [1.54, 1.807) is 6.92 Å². The van der Waals surface area contributed by atoms with Gasteiger partial charge in [0, 0.05) is 23.5 Å². The molecule has 3 nitrogen and oxygen atoms in total. The minimum atomic E-state index is -4.27. The van der Waals surface area contributed by atoms with Crippen molar-refractivity contribution in [3.05, 3.63) is 34.3 Å². The molecule has 0 saturated carbocycles. The molecule has 0 aromatic heterocycles. The third kappa shape index (κ3) is 4.46. The zero-order valence-electron chi connectivity index (χ0n) is 12.1. The van der Waals surface area contributed by atoms with Crippen LogP contribution in [0.4, 0.5) is 13.2 Å². The molecule has 0 amide bonds. The number of hydrogen-bond acceptors (Lipinski definition) is 3. The average Bonchev–Trinajstić information content (AvgIpc) is 2.81. The summed E-state index contributed by atoms with van der Waals surface area (Å²) in [5.41, 5.74) is 0.853. The summed E-state index contributed by atoms with van der Waals surface area (Å²) in [5.74, 6) is -1.28. The second-order valence-electron chi connectivity index (χ2n) is 5.33. The van der Waals surface area contributed by atoms with Gasteiger partial charge in [0.15, 0.2) is 0 Å². The Morgan fingerprint density at radius 1 is 1.32 bits per heavy atom. The van der Waals surface area contributed by atoms with Crippen LogP contribution in [0.15, 0.2) is 28.7 Å². The Labute approximate surface area is 135 Å². The van der Waals surface area contributed by atoms with Crippen molar-refractivity contribution in [2.45, 2.75) is 19.0 Å². The highest BCUT2D eigenvalue weighted by Gasteiger charge is 2.43. The van der Waals surface area contributed by atoms with Crippen LogP contribution in [0.3, 0.4) is 0 Å². The van der Waals surface area contributed by atoms with E-state index in [4.69, 9.17) is 4.74 Å². The van der Waals surface area contributed by atoms with Crippen molar-refractivity contribution in [3.8, 4) is 0 Å². The Morgan fingerprint density at radius 2 is 1.95 bits per heavy atom. The second kappa shape index (κ2) is 7.00. The van der Waals surface area contributed by atoms with Gasteiger partial charge in [-0.05, 0) is 24.6 Å². The van der Waals surface area contributed by atoms with Crippen LogP contribution in [0.5, 0.6) is 0 Å². The highest BCUT2D eigenvalue weighted by Crippen LogP contribution is 2.35. The van der Waals surface area contributed by atoms with Crippen LogP contribution < -0.4 is 0 Å². The zero-order chi connectivity index (χ0) is 16.3. The summed E-state index contributed by atoms with van der Waals surface area (Å²) in [4.78, 5) is 13.3. The molecule has 1 heterocycles. The van der Waals surface area contributed by atoms with E-state index >= 15 is 0 Å². The van der Waals surface area contributed by atoms with Gasteiger partial charge in [0.2, 0.25) is 0 Å². The number of carbonyl (C=O) groups is 1. The molecule has 2 rings (SSSR count). The van der Waals surface area contributed by atoms with Gasteiger partial charge in [0.05, 0.1) is 19.1 Å². The number of ether oxygens (including phenoxy) is 1. The largest absolute Gasteiger partial charge is 0.466 e. The maximum Gasteiger partial charge on any atom is 0.401 e. The number of nitrogens with zero attached hydrogens (tertiary/aromatic N) is 1. The molecule has 2 atom stereocenters. The fraction of sp³-hybridized carbons (Fsp3) is 0.533. The lowest BCUT2D eigenvalue weighted by molar-refractivity contribution is -0.151. The minimum Gasteiger partial charge on any atom is -0.466 e. The first kappa shape index (κ1) is 17.3. The maximum absolute atomic E-state index is 12.6. The topological polar surface area (TPSA) is 29.5 Å². The van der Waals surface area contributed by atoms with Gasteiger partial charge >= 0.3 is 12.1 Å². The van der Waals surface area contributed by atoms with Crippen LogP contribution in [-0.2, 0) is 9.53 Å². The Bertz CT molecular complexity index is 519. The van der Waals surface area contributed by atoms with Crippen molar-refractivity contribution >= 4 is 21.9 Å². The van der Waals surface area contributed by atoms with Gasteiger partial charge < -0.3 is 4.74 Å². The SMILES string of the molecule is CCOC(=O)[C@H]1CN(CC(F)(F)F)C[C@@H]1c1ccc(Br)cc1. The molecule has 1 saturated heterocycles. The summed E-state index contributed by atoms with van der Waals surface area (Å²) >= 11 is 3.32. The van der Waals surface area contributed by atoms with Crippen molar-refractivity contribution in [3.63, 3.8) is 0 Å². The Hall–Kier alpha value is -1.08. The molecule has 0 bridgehead atoms. The molecule has 122 valence electrons. The smallest absolute Gasteiger partial charge is 0.401 e. The van der Waals surface area contributed by atoms with Gasteiger partial charge in [-0.2, -0.15) is 13.2 Å². The Balaban J connectivity index is 2.19. The summed E-state index contributed by atoms with van der Waals surface area (Å²) in [6.45, 7) is 1.18. The standard InChI is InChI=1S/C15H17BrF3NO2/c1-2-22-14(21)13-8-20(9-15(17,18)19)7-12(13)10-3-5-11(16)6-4-10/h3-6,12-13H,2,7-9H2,1H3/t12-,13+/m1/s1. The predicted octanol–water partition coefficient (Wildman–Crippen LogP) is 3.59. The summed E-state index contributed by atoms with van der Waals surface area (Å²) in [6, 6.07) is 7.31. The predicted molar refractivity (Wildman–Crippen MR) is 79.5 cm³/mol. The highest BCUT2D eigenvalue weighted by atomic mass is 79.9. The molecule has 22 heavy (non-hydrogen) atoms. The fourth-order valence-corrected chi connectivity index (χ4v) is 3.07. The number of alkyl halides is 3. The van der Waals surface area contributed by atoms with E-state index in [0.717, 1.165) is 10.0 Å². The molecule has 1 aliphatic heterocycles. The van der Waals surface area contributed by atoms with E-state index in [0.29, 0.717) is 0 Å². The quantitative estimate of drug-likeness (QED) is 0.748. The van der Waals surface area contributed by atoms with Crippen molar-refractivity contribution in [2.75, 3.05) is 26.2 Å². The summed E-state index contributed by atoms with van der Waals surface area (Å²) in [7, 11) is 0. The second-order valence-corrected chi connectivity index (χ2v) is 6.24. The third-order valence-corrected chi connectivity index (χ3v) is 4.21. The van der Waals surface area contributed by atoms with Gasteiger partial charge in [-0.1, -0.05) is 28.1 Å². The molecule has 0 aliphatic carbocycles. The molecule has 1 aliphatic rings. The molecule has 0 radical (unpaired) electrons. The minimum absolute atomic E-state index is 0.0685. The van der Waals surface area contributed by atoms with Crippen LogP contribution in [0, 0.1) is 5.92 Å². The monoisotopic (exact) mass is 379 g/mol. The van der Waals surface area contributed by atoms with Gasteiger partial charge in [0.1, 0.15) is 0 Å². The normalized spacial score (nSPS) is 22.8. The number of rotatable bonds is 4. The molecule has 1 fully saturated rings. The van der Waals surface area contributed by atoms with E-state index in [9.17, 15) is 18.0 Å². The highest BCUT2D eigenvalue weighted by molar-refractivity contribution is 9.10. The van der Waals surface area contributed by atoms with Crippen molar-refractivity contribution in [1.29, 1.82) is 0 Å². The van der Waals surface area contributed by atoms with Crippen LogP contribution in [-0.4, -0.2) is 43.3 Å². The van der Waals surface area contributed by atoms with Crippen LogP contribution in [0.2, 0.25) is 0 Å². The Kier molecular flexibility index (Phi) is 5.50. The summed E-state index contributed by atoms with van der Waals surface area (Å²) in [5, 5.41) is 0. The van der Waals surface area contributed by atoms with Crippen LogP contribution in [0.1, 0.15) is 18.4 Å². The van der Waals surface area contributed by atoms with Crippen LogP contribution >= 0.6 is 15.9 Å². The lowest BCUT2D eigenvalue weighted by Gasteiger charge is -2.17. The molecule has 0 unspecified atom stereocenters. The number of likely N-dealkylation sites (tertiary alicyclic amines) is 1. The van der Waals surface area contributed by atoms with Crippen molar-refractivity contribution in [1.82, 2.24) is 4.90 Å². The van der Waals surface area contributed by atoms with Crippen molar-refractivity contribution in [2.24, 2.45) is 5.92 Å². The molecule has 7 heteroatoms.